The summed E-state index contributed by atoms with van der Waals surface area (Å²) in [6.45, 7) is 0. The van der Waals surface area contributed by atoms with Gasteiger partial charge in [-0.25, -0.2) is 0 Å². The molecule has 0 fully saturated rings. The molecule has 0 heterocycles. The zero-order chi connectivity index (χ0) is 21.5. The van der Waals surface area contributed by atoms with E-state index in [1.165, 1.54) is 18.2 Å². The molecule has 7 heteroatoms. The quantitative estimate of drug-likeness (QED) is 0.303. The maximum Gasteiger partial charge on any atom is 0.248 e. The van der Waals surface area contributed by atoms with Gasteiger partial charge in [-0.3, -0.25) is 4.79 Å². The maximum atomic E-state index is 12.4. The van der Waals surface area contributed by atoms with E-state index in [1.807, 2.05) is 6.07 Å². The van der Waals surface area contributed by atoms with Gasteiger partial charge in [0.1, 0.15) is 23.7 Å². The number of nitrogens with one attached hydrogen (secondary N) is 1. The Morgan fingerprint density at radius 2 is 1.77 bits per heavy atom. The van der Waals surface area contributed by atoms with Crippen LogP contribution in [-0.2, 0) is 4.79 Å². The second kappa shape index (κ2) is 9.96. The van der Waals surface area contributed by atoms with Crippen LogP contribution in [0.4, 0.5) is 11.4 Å². The molecule has 0 aliphatic rings. The molecule has 0 unspecified atom stereocenters. The van der Waals surface area contributed by atoms with Crippen LogP contribution in [-0.4, -0.2) is 22.2 Å². The molecular formula is C23H21BrN2O4. The topological polar surface area (TPSA) is 105 Å². The van der Waals surface area contributed by atoms with Crippen LogP contribution in [0.15, 0.2) is 89.4 Å². The molecule has 0 aliphatic heterocycles. The number of aliphatic hydroxyl groups is 1. The molecule has 30 heavy (non-hydrogen) atoms. The Hall–Kier alpha value is -3.29. The number of nitrogen functional groups attached to an aromatic ring is 1. The second-order valence-electron chi connectivity index (χ2n) is 6.48. The van der Waals surface area contributed by atoms with Gasteiger partial charge >= 0.3 is 0 Å². The number of anilines is 2. The van der Waals surface area contributed by atoms with E-state index in [9.17, 15) is 15.0 Å². The standard InChI is InChI=1S/C23H21BrN2O4/c24-15-10-11-20(27)17(14-15)23(29)21(30-16-6-2-1-3-7-16)12-13-22(28)26-19-9-5-4-8-18(19)25/h1-14,21,23,27,29H,25H2,(H,26,28)/b13-12+/t21-,23-/m0/s1. The SMILES string of the molecule is Nc1ccccc1NC(=O)/C=C/[C@H](Oc1ccccc1)[C@@H](O)c1cc(Br)ccc1O. The molecule has 154 valence electrons. The van der Waals surface area contributed by atoms with Crippen LogP contribution in [0.1, 0.15) is 11.7 Å². The highest BCUT2D eigenvalue weighted by Crippen LogP contribution is 2.31. The minimum absolute atomic E-state index is 0.0812. The van der Waals surface area contributed by atoms with Crippen molar-refractivity contribution in [2.75, 3.05) is 11.1 Å². The molecule has 0 spiro atoms. The van der Waals surface area contributed by atoms with E-state index in [4.69, 9.17) is 10.5 Å². The number of carbonyl (C=O) groups excluding carboxylic acids is 1. The number of rotatable bonds is 7. The number of para-hydroxylation sites is 3. The summed E-state index contributed by atoms with van der Waals surface area (Å²) in [6.07, 6.45) is 0.533. The Morgan fingerprint density at radius 1 is 1.07 bits per heavy atom. The number of halogens is 1. The van der Waals surface area contributed by atoms with Crippen molar-refractivity contribution in [3.8, 4) is 11.5 Å². The average molecular weight is 469 g/mol. The molecule has 0 radical (unpaired) electrons. The fourth-order valence-electron chi connectivity index (χ4n) is 2.77. The number of benzene rings is 3. The largest absolute Gasteiger partial charge is 0.508 e. The number of aromatic hydroxyl groups is 1. The van der Waals surface area contributed by atoms with Crippen LogP contribution in [0.5, 0.6) is 11.5 Å². The third-order valence-electron chi connectivity index (χ3n) is 4.29. The normalized spacial score (nSPS) is 13.0. The van der Waals surface area contributed by atoms with Crippen molar-refractivity contribution in [3.63, 3.8) is 0 Å². The first-order valence-corrected chi connectivity index (χ1v) is 9.95. The van der Waals surface area contributed by atoms with E-state index in [0.29, 0.717) is 21.6 Å². The molecule has 2 atom stereocenters. The van der Waals surface area contributed by atoms with Gasteiger partial charge in [-0.15, -0.1) is 0 Å². The molecule has 1 amide bonds. The zero-order valence-electron chi connectivity index (χ0n) is 15.9. The molecule has 0 saturated carbocycles. The zero-order valence-corrected chi connectivity index (χ0v) is 17.5. The van der Waals surface area contributed by atoms with Gasteiger partial charge in [0.2, 0.25) is 5.91 Å². The Balaban J connectivity index is 1.83. The fourth-order valence-corrected chi connectivity index (χ4v) is 3.15. The van der Waals surface area contributed by atoms with E-state index >= 15 is 0 Å². The van der Waals surface area contributed by atoms with Gasteiger partial charge in [0.25, 0.3) is 0 Å². The number of amides is 1. The van der Waals surface area contributed by atoms with Gasteiger partial charge in [-0.05, 0) is 48.5 Å². The number of phenols is 1. The Kier molecular flexibility index (Phi) is 7.11. The van der Waals surface area contributed by atoms with Crippen molar-refractivity contribution in [1.29, 1.82) is 0 Å². The van der Waals surface area contributed by atoms with Crippen molar-refractivity contribution in [2.45, 2.75) is 12.2 Å². The van der Waals surface area contributed by atoms with Gasteiger partial charge in [0, 0.05) is 16.1 Å². The summed E-state index contributed by atoms with van der Waals surface area (Å²) < 4.78 is 6.57. The van der Waals surface area contributed by atoms with Crippen molar-refractivity contribution in [1.82, 2.24) is 0 Å². The molecule has 0 aliphatic carbocycles. The number of ether oxygens (including phenoxy) is 1. The van der Waals surface area contributed by atoms with E-state index in [-0.39, 0.29) is 11.3 Å². The molecule has 3 aromatic rings. The van der Waals surface area contributed by atoms with E-state index < -0.39 is 18.1 Å². The van der Waals surface area contributed by atoms with Crippen molar-refractivity contribution in [2.24, 2.45) is 0 Å². The first-order valence-electron chi connectivity index (χ1n) is 9.16. The number of hydrogen-bond donors (Lipinski definition) is 4. The summed E-state index contributed by atoms with van der Waals surface area (Å²) in [5, 5.41) is 23.7. The van der Waals surface area contributed by atoms with Crippen LogP contribution in [0, 0.1) is 0 Å². The van der Waals surface area contributed by atoms with E-state index in [1.54, 1.807) is 60.7 Å². The van der Waals surface area contributed by atoms with Gasteiger partial charge in [0.15, 0.2) is 0 Å². The van der Waals surface area contributed by atoms with Gasteiger partial charge < -0.3 is 26.0 Å². The van der Waals surface area contributed by atoms with E-state index in [0.717, 1.165) is 0 Å². The predicted octanol–water partition coefficient (Wildman–Crippen LogP) is 4.41. The Bertz CT molecular complexity index is 1040. The van der Waals surface area contributed by atoms with Crippen LogP contribution in [0.3, 0.4) is 0 Å². The molecule has 0 saturated heterocycles. The summed E-state index contributed by atoms with van der Waals surface area (Å²) in [5.74, 6) is -0.00380. The molecule has 0 bridgehead atoms. The number of phenolic OH excluding ortho intramolecular Hbond substituents is 1. The molecule has 6 nitrogen and oxygen atoms in total. The first-order chi connectivity index (χ1) is 14.4. The monoisotopic (exact) mass is 468 g/mol. The lowest BCUT2D eigenvalue weighted by Crippen LogP contribution is -2.24. The lowest BCUT2D eigenvalue weighted by Gasteiger charge is -2.22. The Labute approximate surface area is 182 Å². The van der Waals surface area contributed by atoms with E-state index in [2.05, 4.69) is 21.2 Å². The minimum Gasteiger partial charge on any atom is -0.508 e. The summed E-state index contributed by atoms with van der Waals surface area (Å²) in [6, 6.07) is 20.5. The molecule has 0 aromatic heterocycles. The first kappa shape index (κ1) is 21.4. The Morgan fingerprint density at radius 3 is 2.50 bits per heavy atom. The highest BCUT2D eigenvalue weighted by Gasteiger charge is 2.24. The summed E-state index contributed by atoms with van der Waals surface area (Å²) >= 11 is 3.33. The summed E-state index contributed by atoms with van der Waals surface area (Å²) in [7, 11) is 0. The van der Waals surface area contributed by atoms with Crippen LogP contribution in [0.25, 0.3) is 0 Å². The van der Waals surface area contributed by atoms with Crippen molar-refractivity contribution in [3.05, 3.63) is 95.0 Å². The predicted molar refractivity (Wildman–Crippen MR) is 120 cm³/mol. The van der Waals surface area contributed by atoms with Crippen LogP contribution >= 0.6 is 15.9 Å². The van der Waals surface area contributed by atoms with Gasteiger partial charge in [0.05, 0.1) is 11.4 Å². The third-order valence-corrected chi connectivity index (χ3v) is 4.78. The molecule has 3 rings (SSSR count). The summed E-state index contributed by atoms with van der Waals surface area (Å²) in [5.41, 5.74) is 7.04. The van der Waals surface area contributed by atoms with Gasteiger partial charge in [-0.2, -0.15) is 0 Å². The molecular weight excluding hydrogens is 448 g/mol. The minimum atomic E-state index is -1.23. The number of nitrogens with two attached hydrogens (primary N) is 1. The molecule has 5 N–H and O–H groups in total. The lowest BCUT2D eigenvalue weighted by atomic mass is 10.0. The summed E-state index contributed by atoms with van der Waals surface area (Å²) in [4.78, 5) is 12.4. The second-order valence-corrected chi connectivity index (χ2v) is 7.39. The highest BCUT2D eigenvalue weighted by atomic mass is 79.9. The average Bonchev–Trinajstić information content (AvgIpc) is 2.74. The highest BCUT2D eigenvalue weighted by molar-refractivity contribution is 9.10. The maximum absolute atomic E-state index is 12.4. The van der Waals surface area contributed by atoms with Gasteiger partial charge in [-0.1, -0.05) is 46.3 Å². The molecule has 3 aromatic carbocycles. The third kappa shape index (κ3) is 5.62. The smallest absolute Gasteiger partial charge is 0.248 e. The van der Waals surface area contributed by atoms with Crippen LogP contribution in [0.2, 0.25) is 0 Å². The fraction of sp³-hybridized carbons (Fsp3) is 0.0870. The number of carbonyl (C=O) groups is 1. The number of aliphatic hydroxyl groups excluding tert-OH is 1. The lowest BCUT2D eigenvalue weighted by molar-refractivity contribution is -0.112. The van der Waals surface area contributed by atoms with Crippen LogP contribution < -0.4 is 15.8 Å². The number of hydrogen-bond acceptors (Lipinski definition) is 5. The van der Waals surface area contributed by atoms with Crippen molar-refractivity contribution >= 4 is 33.2 Å². The van der Waals surface area contributed by atoms with Crippen molar-refractivity contribution < 1.29 is 19.7 Å².